The number of nitriles is 1. The molecule has 0 N–H and O–H groups in total. The van der Waals surface area contributed by atoms with Crippen LogP contribution in [0.1, 0.15) is 22.3 Å². The van der Waals surface area contributed by atoms with Crippen molar-refractivity contribution in [2.45, 2.75) is 25.5 Å². The Labute approximate surface area is 314 Å². The van der Waals surface area contributed by atoms with E-state index in [-0.39, 0.29) is 82.9 Å². The maximum atomic E-state index is 15.0. The van der Waals surface area contributed by atoms with E-state index in [1.54, 1.807) is 6.07 Å². The molecule has 7 rings (SSSR count). The maximum absolute atomic E-state index is 15.0. The van der Waals surface area contributed by atoms with E-state index in [1.165, 1.54) is 60.5 Å². The predicted molar refractivity (Wildman–Crippen MR) is 192 cm³/mol. The summed E-state index contributed by atoms with van der Waals surface area (Å²) >= 11 is 0. The Hall–Kier alpha value is -7.37. The topological polar surface area (TPSA) is 72.5 Å². The molecule has 17 heteroatoms. The normalized spacial score (nSPS) is 12.8. The van der Waals surface area contributed by atoms with E-state index in [2.05, 4.69) is 24.5 Å². The van der Waals surface area contributed by atoms with E-state index in [0.717, 1.165) is 12.1 Å². The first kappa shape index (κ1) is 37.9. The Bertz CT molecular complexity index is 3190. The van der Waals surface area contributed by atoms with Crippen LogP contribution < -0.4 is 11.0 Å². The molecule has 0 radical (unpaired) electrons. The van der Waals surface area contributed by atoms with Crippen molar-refractivity contribution in [1.29, 1.82) is 5.26 Å². The van der Waals surface area contributed by atoms with Gasteiger partial charge in [-0.1, -0.05) is 18.2 Å². The third-order valence-electron chi connectivity index (χ3n) is 9.70. The lowest BCUT2D eigenvalue weighted by molar-refractivity contribution is -0.143. The molecule has 0 aliphatic carbocycles. The fourth-order valence-corrected chi connectivity index (χ4v) is 7.22. The molecule has 0 fully saturated rings. The van der Waals surface area contributed by atoms with Crippen molar-refractivity contribution >= 4 is 55.1 Å². The van der Waals surface area contributed by atoms with Gasteiger partial charge in [-0.05, 0) is 93.4 Å². The highest BCUT2D eigenvalue weighted by molar-refractivity contribution is 6.28. The number of benzene rings is 5. The van der Waals surface area contributed by atoms with Crippen molar-refractivity contribution in [2.24, 2.45) is 14.1 Å². The monoisotopic (exact) mass is 782 g/mol. The number of hydrogen-bond donors (Lipinski definition) is 0. The first-order valence-corrected chi connectivity index (χ1v) is 16.2. The van der Waals surface area contributed by atoms with E-state index < -0.39 is 52.3 Å². The van der Waals surface area contributed by atoms with E-state index in [4.69, 9.17) is 19.7 Å². The number of imidazole rings is 2. The number of halogens is 9. The molecule has 0 amide bonds. The molecule has 0 saturated heterocycles. The van der Waals surface area contributed by atoms with E-state index in [9.17, 15) is 44.8 Å². The Morgan fingerprint density at radius 1 is 0.649 bits per heavy atom. The van der Waals surface area contributed by atoms with Crippen molar-refractivity contribution in [3.05, 3.63) is 128 Å². The summed E-state index contributed by atoms with van der Waals surface area (Å²) in [6.45, 7) is 23.9. The van der Waals surface area contributed by atoms with Gasteiger partial charge in [0, 0.05) is 19.5 Å². The molecule has 0 saturated carbocycles. The fraction of sp³-hybridized carbons (Fsp3) is 0.150. The molecule has 2 aromatic heterocycles. The summed E-state index contributed by atoms with van der Waals surface area (Å²) in [6, 6.07) is 11.4. The minimum absolute atomic E-state index is 0.00417. The van der Waals surface area contributed by atoms with Gasteiger partial charge in [0.05, 0.1) is 51.4 Å². The van der Waals surface area contributed by atoms with Crippen molar-refractivity contribution in [2.75, 3.05) is 0 Å². The molecule has 0 unspecified atom stereocenters. The molecule has 0 bridgehead atoms. The lowest BCUT2D eigenvalue weighted by Gasteiger charge is -2.23. The van der Waals surface area contributed by atoms with Gasteiger partial charge in [0.25, 0.3) is 0 Å². The van der Waals surface area contributed by atoms with Crippen LogP contribution in [0.15, 0.2) is 60.7 Å². The van der Waals surface area contributed by atoms with E-state index >= 15 is 0 Å². The smallest absolute Gasteiger partial charge is 0.335 e. The lowest BCUT2D eigenvalue weighted by atomic mass is 9.82. The van der Waals surface area contributed by atoms with Crippen LogP contribution in [-0.2, 0) is 32.6 Å². The highest BCUT2D eigenvalue weighted by atomic mass is 19.4. The van der Waals surface area contributed by atoms with Crippen molar-refractivity contribution in [3.63, 3.8) is 0 Å². The van der Waals surface area contributed by atoms with Crippen LogP contribution in [0.25, 0.3) is 91.9 Å². The van der Waals surface area contributed by atoms with Gasteiger partial charge in [-0.25, -0.2) is 20.1 Å². The van der Waals surface area contributed by atoms with Gasteiger partial charge in [0.15, 0.2) is 0 Å². The second kappa shape index (κ2) is 12.9. The second-order valence-corrected chi connectivity index (χ2v) is 12.9. The summed E-state index contributed by atoms with van der Waals surface area (Å²) in [6.07, 6.45) is -15.2. The van der Waals surface area contributed by atoms with Crippen LogP contribution >= 0.6 is 0 Å². The van der Waals surface area contributed by atoms with E-state index in [1.807, 2.05) is 0 Å². The van der Waals surface area contributed by atoms with Crippen molar-refractivity contribution in [1.82, 2.24) is 19.1 Å². The van der Waals surface area contributed by atoms with Crippen molar-refractivity contribution in [3.8, 4) is 28.3 Å². The molecule has 7 aromatic rings. The second-order valence-electron chi connectivity index (χ2n) is 12.9. The van der Waals surface area contributed by atoms with Gasteiger partial charge < -0.3 is 9.13 Å². The van der Waals surface area contributed by atoms with Crippen LogP contribution in [0, 0.1) is 38.0 Å². The molecule has 0 spiro atoms. The average Bonchev–Trinajstić information content (AvgIpc) is 3.65. The molecule has 8 nitrogen and oxygen atoms in total. The number of nitrogens with zero attached hydrogens (tertiary/aromatic N) is 8. The van der Waals surface area contributed by atoms with Gasteiger partial charge in [0.1, 0.15) is 18.6 Å². The Morgan fingerprint density at radius 2 is 1.25 bits per heavy atom. The molecule has 2 heterocycles. The molecule has 57 heavy (non-hydrogen) atoms. The molecule has 0 atom stereocenters. The van der Waals surface area contributed by atoms with Gasteiger partial charge in [-0.2, -0.15) is 49.2 Å². The number of aromatic nitrogens is 4. The third-order valence-corrected chi connectivity index (χ3v) is 9.70. The largest absolute Gasteiger partial charge is 0.562 e. The summed E-state index contributed by atoms with van der Waals surface area (Å²) in [5.41, 5.74) is -4.79. The average molecular weight is 783 g/mol. The number of rotatable bonds is 2. The highest BCUT2D eigenvalue weighted by Gasteiger charge is 2.39. The highest BCUT2D eigenvalue weighted by Crippen LogP contribution is 2.51. The lowest BCUT2D eigenvalue weighted by Crippen LogP contribution is -2.17. The number of aryl methyl sites for hydroxylation is 3. The zero-order valence-corrected chi connectivity index (χ0v) is 29.3. The molecular weight excluding hydrogens is 763 g/mol. The molecule has 0 aliphatic rings. The molecule has 0 aliphatic heterocycles. The third kappa shape index (κ3) is 5.92. The summed E-state index contributed by atoms with van der Waals surface area (Å²) in [4.78, 5) is 18.6. The Morgan fingerprint density at radius 3 is 1.81 bits per heavy atom. The minimum atomic E-state index is -5.34. The fourth-order valence-electron chi connectivity index (χ4n) is 7.22. The van der Waals surface area contributed by atoms with Gasteiger partial charge in [-0.3, -0.25) is 0 Å². The van der Waals surface area contributed by atoms with Gasteiger partial charge in [-0.15, -0.1) is 0 Å². The SMILES string of the molecule is [C-]#[N+]C([N+]#[C-])=c1nc2cc3c(-c4ccc(C(F)(F)F)cc4C(F)(F)F)c4ccc5n/c(=C(\C#N)[N+]#[C-])n(C)c5c4c(-c4ccc(C(F)(F)F)cc4C)c3cc2n1C. The van der Waals surface area contributed by atoms with Gasteiger partial charge >= 0.3 is 30.0 Å². The molecule has 282 valence electrons. The van der Waals surface area contributed by atoms with E-state index in [0.29, 0.717) is 12.1 Å². The van der Waals surface area contributed by atoms with Gasteiger partial charge in [0.2, 0.25) is 5.48 Å². The molecule has 5 aromatic carbocycles. The number of alkyl halides is 9. The van der Waals surface area contributed by atoms with Crippen LogP contribution in [0.5, 0.6) is 0 Å². The summed E-state index contributed by atoms with van der Waals surface area (Å²) in [7, 11) is 2.91. The number of hydrogen-bond acceptors (Lipinski definition) is 3. The standard InChI is InChI=1S/C40H19F9N8/c1-18-13-19(38(41,42)43)7-9-21(18)32-25-16-30-28(55-37(56(30)5)35(52-3)53-4)15-24(25)31(22-10-8-20(39(44,45)46)14-26(22)40(47,48)49)23-11-12-27-34(33(23)32)57(6)36(54-27)29(17-50)51-2/h7-16H,1,5-6H3/b36-29-. The molecular formula is C40H19F9N8. The zero-order valence-electron chi connectivity index (χ0n) is 29.3. The Balaban J connectivity index is 1.86. The first-order chi connectivity index (χ1) is 26.7. The predicted octanol–water partition coefficient (Wildman–Crippen LogP) is 9.92. The van der Waals surface area contributed by atoms with Crippen LogP contribution in [-0.4, -0.2) is 19.1 Å². The summed E-state index contributed by atoms with van der Waals surface area (Å²) in [5, 5.41) is 9.92. The quantitative estimate of drug-likeness (QED) is 0.0997. The van der Waals surface area contributed by atoms with Crippen LogP contribution in [0.4, 0.5) is 39.5 Å². The number of fused-ring (bicyclic) bond motifs is 5. The Kier molecular flexibility index (Phi) is 8.56. The minimum Gasteiger partial charge on any atom is -0.335 e. The zero-order chi connectivity index (χ0) is 41.5. The van der Waals surface area contributed by atoms with Crippen LogP contribution in [0.3, 0.4) is 0 Å². The maximum Gasteiger partial charge on any atom is 0.562 e. The summed E-state index contributed by atoms with van der Waals surface area (Å²) < 4.78 is 131. The first-order valence-electron chi connectivity index (χ1n) is 16.2. The van der Waals surface area contributed by atoms with Crippen molar-refractivity contribution < 1.29 is 39.5 Å². The summed E-state index contributed by atoms with van der Waals surface area (Å²) in [5.74, 6) is -0.447. The van der Waals surface area contributed by atoms with Crippen LogP contribution in [0.2, 0.25) is 0 Å².